The van der Waals surface area contributed by atoms with Gasteiger partial charge in [0.25, 0.3) is 0 Å². The minimum absolute atomic E-state index is 0.0274. The van der Waals surface area contributed by atoms with Crippen LogP contribution in [0.3, 0.4) is 0 Å². The molecule has 3 fully saturated rings. The van der Waals surface area contributed by atoms with Gasteiger partial charge in [-0.2, -0.15) is 0 Å². The molecule has 1 spiro atoms. The number of primary amides is 1. The Balaban J connectivity index is 1.47. The van der Waals surface area contributed by atoms with Crippen LogP contribution in [-0.2, 0) is 14.3 Å². The van der Waals surface area contributed by atoms with Gasteiger partial charge in [-0.3, -0.25) is 9.69 Å². The maximum absolute atomic E-state index is 12.2. The quantitative estimate of drug-likeness (QED) is 0.804. The van der Waals surface area contributed by atoms with Crippen molar-refractivity contribution in [2.24, 2.45) is 11.7 Å². The highest BCUT2D eigenvalue weighted by Crippen LogP contribution is 2.38. The molecule has 1 atom stereocenters. The van der Waals surface area contributed by atoms with Crippen LogP contribution < -0.4 is 5.73 Å². The van der Waals surface area contributed by atoms with Gasteiger partial charge in [-0.1, -0.05) is 0 Å². The van der Waals surface area contributed by atoms with E-state index in [2.05, 4.69) is 4.90 Å². The van der Waals surface area contributed by atoms with Crippen molar-refractivity contribution in [3.05, 3.63) is 0 Å². The van der Waals surface area contributed by atoms with Crippen molar-refractivity contribution in [1.82, 2.24) is 9.80 Å². The van der Waals surface area contributed by atoms with Crippen LogP contribution in [0.25, 0.3) is 0 Å². The Morgan fingerprint density at radius 2 is 1.73 bits per heavy atom. The van der Waals surface area contributed by atoms with Crippen molar-refractivity contribution in [2.45, 2.75) is 70.1 Å². The lowest BCUT2D eigenvalue weighted by atomic mass is 9.86. The molecule has 3 aliphatic heterocycles. The van der Waals surface area contributed by atoms with Gasteiger partial charge in [0, 0.05) is 25.0 Å². The van der Waals surface area contributed by atoms with E-state index >= 15 is 0 Å². The van der Waals surface area contributed by atoms with Crippen LogP contribution in [0.5, 0.6) is 0 Å². The average molecular weight is 367 g/mol. The average Bonchev–Trinajstić information content (AvgIpc) is 2.98. The fourth-order valence-corrected chi connectivity index (χ4v) is 4.38. The largest absolute Gasteiger partial charge is 0.444 e. The summed E-state index contributed by atoms with van der Waals surface area (Å²) in [6, 6.07) is 0.414. The van der Waals surface area contributed by atoms with Crippen LogP contribution in [0.2, 0.25) is 0 Å². The van der Waals surface area contributed by atoms with Crippen molar-refractivity contribution in [1.29, 1.82) is 0 Å². The van der Waals surface area contributed by atoms with Crippen LogP contribution in [0.15, 0.2) is 0 Å². The summed E-state index contributed by atoms with van der Waals surface area (Å²) in [5.74, 6) is -0.141. The van der Waals surface area contributed by atoms with Crippen LogP contribution in [-0.4, -0.2) is 71.8 Å². The molecule has 2 amide bonds. The van der Waals surface area contributed by atoms with E-state index in [1.165, 1.54) is 0 Å². The minimum atomic E-state index is -0.460. The molecule has 7 nitrogen and oxygen atoms in total. The van der Waals surface area contributed by atoms with Crippen molar-refractivity contribution in [3.8, 4) is 0 Å². The molecular formula is C19H33N3O4. The van der Waals surface area contributed by atoms with Gasteiger partial charge in [-0.05, 0) is 66.0 Å². The Labute approximate surface area is 156 Å². The minimum Gasteiger partial charge on any atom is -0.444 e. The number of carbonyl (C=O) groups is 2. The van der Waals surface area contributed by atoms with Crippen molar-refractivity contribution < 1.29 is 19.1 Å². The van der Waals surface area contributed by atoms with E-state index in [1.54, 1.807) is 4.90 Å². The summed E-state index contributed by atoms with van der Waals surface area (Å²) in [5.41, 5.74) is 4.86. The predicted octanol–water partition coefficient (Wildman–Crippen LogP) is 1.74. The molecule has 2 N–H and O–H groups in total. The fraction of sp³-hybridized carbons (Fsp3) is 0.895. The zero-order valence-corrected chi connectivity index (χ0v) is 16.3. The van der Waals surface area contributed by atoms with Crippen molar-refractivity contribution in [3.63, 3.8) is 0 Å². The third kappa shape index (κ3) is 4.49. The Morgan fingerprint density at radius 3 is 2.27 bits per heavy atom. The molecule has 0 saturated carbocycles. The first-order valence-corrected chi connectivity index (χ1v) is 9.83. The number of nitrogens with zero attached hydrogens (tertiary/aromatic N) is 2. The van der Waals surface area contributed by atoms with Gasteiger partial charge in [0.15, 0.2) is 0 Å². The predicted molar refractivity (Wildman–Crippen MR) is 97.6 cm³/mol. The van der Waals surface area contributed by atoms with Crippen molar-refractivity contribution >= 4 is 12.0 Å². The number of hydrogen-bond donors (Lipinski definition) is 1. The lowest BCUT2D eigenvalue weighted by Gasteiger charge is -2.40. The molecule has 1 unspecified atom stereocenters. The normalized spacial score (nSPS) is 27.7. The first-order chi connectivity index (χ1) is 12.2. The highest BCUT2D eigenvalue weighted by molar-refractivity contribution is 5.76. The summed E-state index contributed by atoms with van der Waals surface area (Å²) in [6.07, 6.45) is 4.21. The first kappa shape index (κ1) is 19.4. The molecule has 3 rings (SSSR count). The molecule has 0 aromatic rings. The summed E-state index contributed by atoms with van der Waals surface area (Å²) >= 11 is 0. The SMILES string of the molecule is CC(C)(C)OC(=O)N1CCC2(CC1)CC(N1CCC(C(N)=O)CC1)CO2. The Bertz CT molecular complexity index is 529. The van der Waals surface area contributed by atoms with Crippen molar-refractivity contribution in [2.75, 3.05) is 32.8 Å². The van der Waals surface area contributed by atoms with E-state index in [9.17, 15) is 9.59 Å². The van der Waals surface area contributed by atoms with Crippen LogP contribution in [0.1, 0.15) is 52.9 Å². The maximum atomic E-state index is 12.2. The van der Waals surface area contributed by atoms with Crippen LogP contribution in [0.4, 0.5) is 4.79 Å². The summed E-state index contributed by atoms with van der Waals surface area (Å²) in [6.45, 7) is 9.63. The fourth-order valence-electron chi connectivity index (χ4n) is 4.38. The van der Waals surface area contributed by atoms with E-state index in [0.29, 0.717) is 19.1 Å². The number of amides is 2. The summed E-state index contributed by atoms with van der Waals surface area (Å²) in [7, 11) is 0. The second-order valence-corrected chi connectivity index (χ2v) is 9.03. The molecule has 148 valence electrons. The first-order valence-electron chi connectivity index (χ1n) is 9.83. The van der Waals surface area contributed by atoms with Crippen LogP contribution in [0, 0.1) is 5.92 Å². The molecule has 3 saturated heterocycles. The second-order valence-electron chi connectivity index (χ2n) is 9.03. The zero-order chi connectivity index (χ0) is 18.9. The number of piperidine rings is 2. The number of nitrogens with two attached hydrogens (primary N) is 1. The summed E-state index contributed by atoms with van der Waals surface area (Å²) in [4.78, 5) is 27.8. The topological polar surface area (TPSA) is 85.1 Å². The Hall–Kier alpha value is -1.34. The highest BCUT2D eigenvalue weighted by atomic mass is 16.6. The number of hydrogen-bond acceptors (Lipinski definition) is 5. The smallest absolute Gasteiger partial charge is 0.410 e. The van der Waals surface area contributed by atoms with Gasteiger partial charge < -0.3 is 20.1 Å². The molecule has 0 bridgehead atoms. The number of ether oxygens (including phenoxy) is 2. The second kappa shape index (κ2) is 7.35. The number of carbonyl (C=O) groups excluding carboxylic acids is 2. The maximum Gasteiger partial charge on any atom is 0.410 e. The molecule has 0 aromatic heterocycles. The van der Waals surface area contributed by atoms with Crippen LogP contribution >= 0.6 is 0 Å². The van der Waals surface area contributed by atoms with Gasteiger partial charge in [0.05, 0.1) is 12.2 Å². The molecule has 0 aliphatic carbocycles. The van der Waals surface area contributed by atoms with Gasteiger partial charge in [0.1, 0.15) is 5.60 Å². The monoisotopic (exact) mass is 367 g/mol. The molecule has 0 radical (unpaired) electrons. The third-order valence-electron chi connectivity index (χ3n) is 5.96. The lowest BCUT2D eigenvalue weighted by molar-refractivity contribution is -0.123. The molecule has 26 heavy (non-hydrogen) atoms. The Kier molecular flexibility index (Phi) is 5.49. The van der Waals surface area contributed by atoms with Gasteiger partial charge in [-0.25, -0.2) is 4.79 Å². The third-order valence-corrected chi connectivity index (χ3v) is 5.96. The standard InChI is InChI=1S/C19H33N3O4/c1-18(2,3)26-17(24)22-10-6-19(7-11-22)12-15(13-25-19)21-8-4-14(5-9-21)16(20)23/h14-15H,4-13H2,1-3H3,(H2,20,23). The Morgan fingerprint density at radius 1 is 1.12 bits per heavy atom. The highest BCUT2D eigenvalue weighted by Gasteiger charge is 2.45. The van der Waals surface area contributed by atoms with E-state index in [4.69, 9.17) is 15.2 Å². The number of likely N-dealkylation sites (tertiary alicyclic amines) is 2. The van der Waals surface area contributed by atoms with E-state index < -0.39 is 5.60 Å². The van der Waals surface area contributed by atoms with Gasteiger partial charge in [0.2, 0.25) is 5.91 Å². The summed E-state index contributed by atoms with van der Waals surface area (Å²) < 4.78 is 11.7. The van der Waals surface area contributed by atoms with Gasteiger partial charge in [-0.15, -0.1) is 0 Å². The molecular weight excluding hydrogens is 334 g/mol. The molecule has 3 aliphatic rings. The zero-order valence-electron chi connectivity index (χ0n) is 16.3. The van der Waals surface area contributed by atoms with E-state index in [1.807, 2.05) is 20.8 Å². The molecule has 7 heteroatoms. The molecule has 3 heterocycles. The number of rotatable bonds is 2. The lowest BCUT2D eigenvalue weighted by Crippen LogP contribution is -2.49. The van der Waals surface area contributed by atoms with E-state index in [-0.39, 0.29) is 23.5 Å². The molecule has 0 aromatic carbocycles. The van der Waals surface area contributed by atoms with E-state index in [0.717, 1.165) is 51.8 Å². The summed E-state index contributed by atoms with van der Waals surface area (Å²) in [5, 5.41) is 0. The van der Waals surface area contributed by atoms with Gasteiger partial charge >= 0.3 is 6.09 Å².